The van der Waals surface area contributed by atoms with Crippen molar-refractivity contribution < 1.29 is 36.1 Å². The van der Waals surface area contributed by atoms with Crippen LogP contribution in [0.4, 0.5) is 37.7 Å². The number of halogens is 6. The summed E-state index contributed by atoms with van der Waals surface area (Å²) in [4.78, 5) is 23.8. The first-order chi connectivity index (χ1) is 12.9. The zero-order valence-corrected chi connectivity index (χ0v) is 13.8. The molecule has 0 atom stereocenters. The van der Waals surface area contributed by atoms with Crippen molar-refractivity contribution in [2.24, 2.45) is 0 Å². The summed E-state index contributed by atoms with van der Waals surface area (Å²) in [5.41, 5.74) is -3.56. The highest BCUT2D eigenvalue weighted by Crippen LogP contribution is 2.38. The molecule has 148 valence electrons. The predicted molar refractivity (Wildman–Crippen MR) is 84.9 cm³/mol. The van der Waals surface area contributed by atoms with Crippen molar-refractivity contribution in [2.75, 3.05) is 11.4 Å². The van der Waals surface area contributed by atoms with Gasteiger partial charge in [-0.3, -0.25) is 14.9 Å². The highest BCUT2D eigenvalue weighted by atomic mass is 19.4. The van der Waals surface area contributed by atoms with Gasteiger partial charge in [0, 0.05) is 29.9 Å². The molecule has 2 aromatic rings. The number of alkyl halides is 6. The van der Waals surface area contributed by atoms with Crippen molar-refractivity contribution >= 4 is 17.3 Å². The second-order valence-corrected chi connectivity index (χ2v) is 6.07. The predicted octanol–water partition coefficient (Wildman–Crippen LogP) is 4.84. The van der Waals surface area contributed by atoms with Crippen LogP contribution < -0.4 is 4.90 Å². The summed E-state index contributed by atoms with van der Waals surface area (Å²) in [6, 6.07) is 4.24. The fraction of sp³-hybridized carbons (Fsp3) is 0.235. The fourth-order valence-corrected chi connectivity index (χ4v) is 2.95. The molecule has 5 nitrogen and oxygen atoms in total. The van der Waals surface area contributed by atoms with E-state index in [4.69, 9.17) is 0 Å². The number of carbonyl (C=O) groups excluding carboxylic acids is 1. The molecule has 0 aliphatic carbocycles. The first-order valence-corrected chi connectivity index (χ1v) is 7.76. The quantitative estimate of drug-likeness (QED) is 0.409. The van der Waals surface area contributed by atoms with E-state index >= 15 is 0 Å². The Hall–Kier alpha value is -3.11. The van der Waals surface area contributed by atoms with Crippen LogP contribution in [0.5, 0.6) is 0 Å². The third kappa shape index (κ3) is 3.64. The van der Waals surface area contributed by atoms with Crippen LogP contribution in [-0.4, -0.2) is 17.4 Å². The van der Waals surface area contributed by atoms with E-state index in [1.807, 2.05) is 0 Å². The molecular weight excluding hydrogens is 394 g/mol. The molecule has 0 saturated heterocycles. The van der Waals surface area contributed by atoms with Crippen molar-refractivity contribution in [3.63, 3.8) is 0 Å². The van der Waals surface area contributed by atoms with Crippen molar-refractivity contribution in [3.05, 3.63) is 68.8 Å². The minimum absolute atomic E-state index is 0.0209. The van der Waals surface area contributed by atoms with E-state index in [1.165, 1.54) is 12.1 Å². The van der Waals surface area contributed by atoms with Gasteiger partial charge in [0.05, 0.1) is 16.1 Å². The third-order valence-electron chi connectivity index (χ3n) is 4.25. The summed E-state index contributed by atoms with van der Waals surface area (Å²) in [6.07, 6.45) is -9.95. The molecule has 0 fully saturated rings. The van der Waals surface area contributed by atoms with E-state index < -0.39 is 39.9 Å². The highest BCUT2D eigenvalue weighted by molar-refractivity contribution is 6.07. The molecule has 0 aromatic heterocycles. The van der Waals surface area contributed by atoms with Gasteiger partial charge in [0.15, 0.2) is 0 Å². The second kappa shape index (κ2) is 6.50. The van der Waals surface area contributed by atoms with E-state index in [0.29, 0.717) is 17.7 Å². The van der Waals surface area contributed by atoms with Crippen LogP contribution in [0.2, 0.25) is 0 Å². The van der Waals surface area contributed by atoms with E-state index in [1.54, 1.807) is 0 Å². The SMILES string of the molecule is O=C(c1cc(C(F)(F)F)cc(C(F)(F)F)c1)N1CCc2cc([N+](=O)[O-])ccc21. The summed E-state index contributed by atoms with van der Waals surface area (Å²) in [6.45, 7) is -0.0209. The Morgan fingerprint density at radius 3 is 2.04 bits per heavy atom. The maximum absolute atomic E-state index is 13.0. The summed E-state index contributed by atoms with van der Waals surface area (Å²) >= 11 is 0. The number of nitrogens with zero attached hydrogens (tertiary/aromatic N) is 2. The minimum atomic E-state index is -5.07. The molecule has 2 aromatic carbocycles. The molecule has 28 heavy (non-hydrogen) atoms. The Balaban J connectivity index is 2.04. The van der Waals surface area contributed by atoms with Gasteiger partial charge < -0.3 is 4.90 Å². The Kier molecular flexibility index (Phi) is 4.56. The molecule has 0 unspecified atom stereocenters. The standard InChI is InChI=1S/C17H10F6N2O3/c18-16(19,20)11-5-10(6-12(8-11)17(21,22)23)15(26)24-4-3-9-7-13(25(27)28)1-2-14(9)24/h1-2,5-8H,3-4H2. The second-order valence-electron chi connectivity index (χ2n) is 6.07. The van der Waals surface area contributed by atoms with Crippen molar-refractivity contribution in [1.29, 1.82) is 0 Å². The van der Waals surface area contributed by atoms with Crippen LogP contribution in [0.15, 0.2) is 36.4 Å². The number of benzene rings is 2. The Labute approximate surface area is 153 Å². The Morgan fingerprint density at radius 2 is 1.54 bits per heavy atom. The highest BCUT2D eigenvalue weighted by Gasteiger charge is 2.38. The number of non-ortho nitro benzene ring substituents is 1. The minimum Gasteiger partial charge on any atom is -0.308 e. The smallest absolute Gasteiger partial charge is 0.308 e. The van der Waals surface area contributed by atoms with E-state index in [-0.39, 0.29) is 30.4 Å². The summed E-state index contributed by atoms with van der Waals surface area (Å²) < 4.78 is 77.9. The van der Waals surface area contributed by atoms with Gasteiger partial charge in [-0.1, -0.05) is 0 Å². The lowest BCUT2D eigenvalue weighted by Crippen LogP contribution is -2.29. The first-order valence-electron chi connectivity index (χ1n) is 7.76. The molecule has 1 heterocycles. The molecule has 0 N–H and O–H groups in total. The summed E-state index contributed by atoms with van der Waals surface area (Å²) in [5.74, 6) is -1.05. The van der Waals surface area contributed by atoms with Gasteiger partial charge in [-0.2, -0.15) is 26.3 Å². The van der Waals surface area contributed by atoms with Crippen LogP contribution in [0, 0.1) is 10.1 Å². The van der Waals surface area contributed by atoms with Crippen LogP contribution >= 0.6 is 0 Å². The molecule has 11 heteroatoms. The largest absolute Gasteiger partial charge is 0.416 e. The van der Waals surface area contributed by atoms with Gasteiger partial charge in [-0.05, 0) is 36.2 Å². The molecule has 1 aliphatic rings. The van der Waals surface area contributed by atoms with Gasteiger partial charge in [-0.15, -0.1) is 0 Å². The van der Waals surface area contributed by atoms with Crippen molar-refractivity contribution in [1.82, 2.24) is 0 Å². The number of carbonyl (C=O) groups is 1. The number of anilines is 1. The lowest BCUT2D eigenvalue weighted by molar-refractivity contribution is -0.384. The zero-order chi connectivity index (χ0) is 20.9. The lowest BCUT2D eigenvalue weighted by atomic mass is 10.0. The molecule has 0 radical (unpaired) electrons. The topological polar surface area (TPSA) is 63.5 Å². The Bertz CT molecular complexity index is 936. The number of nitro benzene ring substituents is 1. The van der Waals surface area contributed by atoms with Crippen LogP contribution in [0.3, 0.4) is 0 Å². The molecule has 1 aliphatic heterocycles. The zero-order valence-electron chi connectivity index (χ0n) is 13.8. The maximum Gasteiger partial charge on any atom is 0.416 e. The van der Waals surface area contributed by atoms with E-state index in [0.717, 1.165) is 11.0 Å². The van der Waals surface area contributed by atoms with Crippen molar-refractivity contribution in [3.8, 4) is 0 Å². The van der Waals surface area contributed by atoms with Gasteiger partial charge in [0.2, 0.25) is 0 Å². The molecule has 3 rings (SSSR count). The molecule has 0 spiro atoms. The summed E-state index contributed by atoms with van der Waals surface area (Å²) in [7, 11) is 0. The normalized spacial score (nSPS) is 14.1. The van der Waals surface area contributed by atoms with E-state index in [9.17, 15) is 41.3 Å². The molecular formula is C17H10F6N2O3. The van der Waals surface area contributed by atoms with Gasteiger partial charge in [0.25, 0.3) is 11.6 Å². The Morgan fingerprint density at radius 1 is 0.964 bits per heavy atom. The van der Waals surface area contributed by atoms with Crippen molar-refractivity contribution in [2.45, 2.75) is 18.8 Å². The lowest BCUT2D eigenvalue weighted by Gasteiger charge is -2.19. The van der Waals surface area contributed by atoms with Crippen LogP contribution in [0.25, 0.3) is 0 Å². The van der Waals surface area contributed by atoms with Crippen LogP contribution in [0.1, 0.15) is 27.0 Å². The number of amides is 1. The first kappa shape index (κ1) is 19.6. The maximum atomic E-state index is 13.0. The number of nitro groups is 1. The molecule has 0 bridgehead atoms. The van der Waals surface area contributed by atoms with Gasteiger partial charge in [0.1, 0.15) is 0 Å². The average molecular weight is 404 g/mol. The number of hydrogen-bond acceptors (Lipinski definition) is 3. The van der Waals surface area contributed by atoms with Gasteiger partial charge >= 0.3 is 12.4 Å². The van der Waals surface area contributed by atoms with Crippen LogP contribution in [-0.2, 0) is 18.8 Å². The number of fused-ring (bicyclic) bond motifs is 1. The third-order valence-corrected chi connectivity index (χ3v) is 4.25. The van der Waals surface area contributed by atoms with Gasteiger partial charge in [-0.25, -0.2) is 0 Å². The average Bonchev–Trinajstić information content (AvgIpc) is 3.02. The number of hydrogen-bond donors (Lipinski definition) is 0. The number of rotatable bonds is 2. The fourth-order valence-electron chi connectivity index (χ4n) is 2.95. The summed E-state index contributed by atoms with van der Waals surface area (Å²) in [5, 5.41) is 10.8. The molecule has 1 amide bonds. The van der Waals surface area contributed by atoms with E-state index in [2.05, 4.69) is 0 Å². The molecule has 0 saturated carbocycles. The monoisotopic (exact) mass is 404 g/mol.